The van der Waals surface area contributed by atoms with E-state index in [9.17, 15) is 0 Å². The Morgan fingerprint density at radius 3 is 2.56 bits per heavy atom. The van der Waals surface area contributed by atoms with E-state index in [1.54, 1.807) is 4.68 Å². The van der Waals surface area contributed by atoms with E-state index in [-0.39, 0.29) is 0 Å². The highest BCUT2D eigenvalue weighted by Gasteiger charge is 2.15. The highest BCUT2D eigenvalue weighted by Crippen LogP contribution is 2.22. The monoisotopic (exact) mass is 267 g/mol. The second-order valence-corrected chi connectivity index (χ2v) is 4.65. The number of aryl methyl sites for hydroxylation is 3. The summed E-state index contributed by atoms with van der Waals surface area (Å²) in [7, 11) is 0. The summed E-state index contributed by atoms with van der Waals surface area (Å²) in [5, 5.41) is 9.48. The number of anilines is 1. The predicted octanol–water partition coefficient (Wildman–Crippen LogP) is 2.25. The quantitative estimate of drug-likeness (QED) is 0.924. The number of hydrogen-bond donors (Lipinski definition) is 1. The predicted molar refractivity (Wildman–Crippen MR) is 72.8 cm³/mol. The van der Waals surface area contributed by atoms with Crippen molar-refractivity contribution in [3.8, 4) is 0 Å². The van der Waals surface area contributed by atoms with Gasteiger partial charge in [0.25, 0.3) is 0 Å². The van der Waals surface area contributed by atoms with Gasteiger partial charge >= 0.3 is 0 Å². The molecule has 0 aliphatic heterocycles. The standard InChI is InChI=1S/C12H18ClN5/c1-4-9-11(13)10(18(5-2)15-9)7-17-6-8(3)12(14)16-17/h6H,4-5,7H2,1-3H3,(H2,14,16). The number of rotatable bonds is 4. The minimum Gasteiger partial charge on any atom is -0.382 e. The van der Waals surface area contributed by atoms with Gasteiger partial charge in [0.1, 0.15) is 5.82 Å². The average Bonchev–Trinajstić information content (AvgIpc) is 2.82. The van der Waals surface area contributed by atoms with Crippen molar-refractivity contribution in [1.29, 1.82) is 0 Å². The minimum absolute atomic E-state index is 0.560. The summed E-state index contributed by atoms with van der Waals surface area (Å²) in [6.07, 6.45) is 2.75. The summed E-state index contributed by atoms with van der Waals surface area (Å²) in [5.41, 5.74) is 8.64. The molecule has 0 aromatic carbocycles. The first-order valence-corrected chi connectivity index (χ1v) is 6.48. The maximum Gasteiger partial charge on any atom is 0.148 e. The number of nitrogen functional groups attached to an aromatic ring is 1. The fourth-order valence-electron chi connectivity index (χ4n) is 1.94. The maximum absolute atomic E-state index is 6.35. The molecule has 0 saturated carbocycles. The number of halogens is 1. The van der Waals surface area contributed by atoms with Crippen LogP contribution < -0.4 is 5.73 Å². The smallest absolute Gasteiger partial charge is 0.148 e. The molecule has 18 heavy (non-hydrogen) atoms. The molecule has 0 bridgehead atoms. The van der Waals surface area contributed by atoms with E-state index in [4.69, 9.17) is 17.3 Å². The molecule has 0 radical (unpaired) electrons. The van der Waals surface area contributed by atoms with Gasteiger partial charge in [0, 0.05) is 18.3 Å². The van der Waals surface area contributed by atoms with Gasteiger partial charge in [-0.3, -0.25) is 9.36 Å². The van der Waals surface area contributed by atoms with Crippen molar-refractivity contribution < 1.29 is 0 Å². The van der Waals surface area contributed by atoms with Gasteiger partial charge in [-0.2, -0.15) is 10.2 Å². The van der Waals surface area contributed by atoms with Crippen LogP contribution in [0, 0.1) is 6.92 Å². The van der Waals surface area contributed by atoms with Crippen LogP contribution in [0.25, 0.3) is 0 Å². The Kier molecular flexibility index (Phi) is 3.61. The molecule has 2 N–H and O–H groups in total. The minimum atomic E-state index is 0.560. The number of nitrogens with zero attached hydrogens (tertiary/aromatic N) is 4. The zero-order chi connectivity index (χ0) is 13.3. The third kappa shape index (κ3) is 2.22. The summed E-state index contributed by atoms with van der Waals surface area (Å²) in [6.45, 7) is 7.43. The van der Waals surface area contributed by atoms with Crippen LogP contribution >= 0.6 is 11.6 Å². The summed E-state index contributed by atoms with van der Waals surface area (Å²) in [4.78, 5) is 0. The van der Waals surface area contributed by atoms with Crippen molar-refractivity contribution >= 4 is 17.4 Å². The Balaban J connectivity index is 2.35. The van der Waals surface area contributed by atoms with Crippen LogP contribution in [0.3, 0.4) is 0 Å². The summed E-state index contributed by atoms with van der Waals surface area (Å²) in [5.74, 6) is 0.560. The van der Waals surface area contributed by atoms with Crippen molar-refractivity contribution in [2.75, 3.05) is 5.73 Å². The summed E-state index contributed by atoms with van der Waals surface area (Å²) >= 11 is 6.35. The van der Waals surface area contributed by atoms with E-state index in [2.05, 4.69) is 17.1 Å². The molecule has 0 saturated heterocycles. The van der Waals surface area contributed by atoms with Crippen LogP contribution in [0.4, 0.5) is 5.82 Å². The third-order valence-electron chi connectivity index (χ3n) is 2.99. The lowest BCUT2D eigenvalue weighted by atomic mass is 10.3. The molecule has 0 aliphatic carbocycles. The molecule has 5 nitrogen and oxygen atoms in total. The third-order valence-corrected chi connectivity index (χ3v) is 3.43. The van der Waals surface area contributed by atoms with Crippen molar-refractivity contribution in [2.45, 2.75) is 40.3 Å². The number of aromatic nitrogens is 4. The lowest BCUT2D eigenvalue weighted by molar-refractivity contribution is 0.574. The Morgan fingerprint density at radius 2 is 2.06 bits per heavy atom. The van der Waals surface area contributed by atoms with E-state index in [1.807, 2.05) is 24.7 Å². The molecule has 0 amide bonds. The Bertz CT molecular complexity index is 536. The van der Waals surface area contributed by atoms with Crippen molar-refractivity contribution in [3.63, 3.8) is 0 Å². The first kappa shape index (κ1) is 13.0. The Morgan fingerprint density at radius 1 is 1.33 bits per heavy atom. The first-order chi connectivity index (χ1) is 8.56. The highest BCUT2D eigenvalue weighted by molar-refractivity contribution is 6.31. The van der Waals surface area contributed by atoms with Crippen LogP contribution in [-0.2, 0) is 19.5 Å². The zero-order valence-corrected chi connectivity index (χ0v) is 11.7. The summed E-state index contributed by atoms with van der Waals surface area (Å²) < 4.78 is 3.73. The van der Waals surface area contributed by atoms with Crippen molar-refractivity contribution in [2.24, 2.45) is 0 Å². The first-order valence-electron chi connectivity index (χ1n) is 6.10. The second kappa shape index (κ2) is 5.02. The fraction of sp³-hybridized carbons (Fsp3) is 0.500. The molecule has 98 valence electrons. The topological polar surface area (TPSA) is 61.7 Å². The highest BCUT2D eigenvalue weighted by atomic mass is 35.5. The van der Waals surface area contributed by atoms with E-state index in [0.717, 1.165) is 34.9 Å². The van der Waals surface area contributed by atoms with Gasteiger partial charge in [-0.1, -0.05) is 18.5 Å². The molecular weight excluding hydrogens is 250 g/mol. The van der Waals surface area contributed by atoms with Crippen LogP contribution in [-0.4, -0.2) is 19.6 Å². The molecule has 0 spiro atoms. The number of nitrogens with two attached hydrogens (primary N) is 1. The van der Waals surface area contributed by atoms with E-state index in [0.29, 0.717) is 12.4 Å². The fourth-order valence-corrected chi connectivity index (χ4v) is 2.27. The van der Waals surface area contributed by atoms with Gasteiger partial charge in [-0.25, -0.2) is 0 Å². The molecule has 0 aliphatic rings. The van der Waals surface area contributed by atoms with E-state index in [1.165, 1.54) is 0 Å². The molecule has 2 aromatic heterocycles. The van der Waals surface area contributed by atoms with Crippen molar-refractivity contribution in [3.05, 3.63) is 28.2 Å². The SMILES string of the molecule is CCc1nn(CC)c(Cn2cc(C)c(N)n2)c1Cl. The average molecular weight is 268 g/mol. The number of hydrogen-bond acceptors (Lipinski definition) is 3. The lowest BCUT2D eigenvalue weighted by Gasteiger charge is -2.05. The van der Waals surface area contributed by atoms with Gasteiger partial charge in [0.2, 0.25) is 0 Å². The van der Waals surface area contributed by atoms with E-state index < -0.39 is 0 Å². The van der Waals surface area contributed by atoms with E-state index >= 15 is 0 Å². The Hall–Kier alpha value is -1.49. The van der Waals surface area contributed by atoms with Gasteiger partial charge in [0.05, 0.1) is 23.0 Å². The van der Waals surface area contributed by atoms with Crippen LogP contribution in [0.5, 0.6) is 0 Å². The molecule has 6 heteroatoms. The van der Waals surface area contributed by atoms with Crippen LogP contribution in [0.1, 0.15) is 30.8 Å². The lowest BCUT2D eigenvalue weighted by Crippen LogP contribution is -2.09. The largest absolute Gasteiger partial charge is 0.382 e. The molecule has 2 heterocycles. The van der Waals surface area contributed by atoms with Gasteiger partial charge in [-0.05, 0) is 20.3 Å². The van der Waals surface area contributed by atoms with Gasteiger partial charge < -0.3 is 5.73 Å². The molecule has 0 fully saturated rings. The van der Waals surface area contributed by atoms with Crippen LogP contribution in [0.15, 0.2) is 6.20 Å². The van der Waals surface area contributed by atoms with Crippen LogP contribution in [0.2, 0.25) is 5.02 Å². The second-order valence-electron chi connectivity index (χ2n) is 4.27. The zero-order valence-electron chi connectivity index (χ0n) is 10.9. The van der Waals surface area contributed by atoms with Gasteiger partial charge in [0.15, 0.2) is 0 Å². The Labute approximate surface area is 112 Å². The normalized spacial score (nSPS) is 11.1. The maximum atomic E-state index is 6.35. The molecular formula is C12H18ClN5. The van der Waals surface area contributed by atoms with Gasteiger partial charge in [-0.15, -0.1) is 0 Å². The molecule has 2 rings (SSSR count). The molecule has 0 unspecified atom stereocenters. The molecule has 0 atom stereocenters. The molecule has 2 aromatic rings. The summed E-state index contributed by atoms with van der Waals surface area (Å²) in [6, 6.07) is 0. The van der Waals surface area contributed by atoms with Crippen molar-refractivity contribution in [1.82, 2.24) is 19.6 Å².